The van der Waals surface area contributed by atoms with E-state index in [1.165, 1.54) is 40.6 Å². The molecule has 2 nitrogen and oxygen atoms in total. The first kappa shape index (κ1) is 11.6. The second-order valence-corrected chi connectivity index (χ2v) is 5.36. The Labute approximate surface area is 118 Å². The lowest BCUT2D eigenvalue weighted by Gasteiger charge is -2.20. The van der Waals surface area contributed by atoms with Gasteiger partial charge in [0.1, 0.15) is 0 Å². The fourth-order valence-electron chi connectivity index (χ4n) is 3.19. The van der Waals surface area contributed by atoms with Crippen LogP contribution in [0.2, 0.25) is 0 Å². The summed E-state index contributed by atoms with van der Waals surface area (Å²) < 4.78 is 0. The lowest BCUT2D eigenvalue weighted by atomic mass is 9.87. The summed E-state index contributed by atoms with van der Waals surface area (Å²) in [6.45, 7) is 0. The molecular weight excluding hydrogens is 244 g/mol. The first-order valence-corrected chi connectivity index (χ1v) is 7.25. The summed E-state index contributed by atoms with van der Waals surface area (Å²) in [5, 5.41) is 1.18. The topological polar surface area (TPSA) is 25.8 Å². The monoisotopic (exact) mass is 260 g/mol. The second-order valence-electron chi connectivity index (χ2n) is 5.36. The number of hydrogen-bond acceptors (Lipinski definition) is 2. The van der Waals surface area contributed by atoms with Crippen molar-refractivity contribution < 1.29 is 0 Å². The Balaban J connectivity index is 2.10. The summed E-state index contributed by atoms with van der Waals surface area (Å²) in [5.74, 6) is 0. The first-order valence-electron chi connectivity index (χ1n) is 7.25. The maximum absolute atomic E-state index is 4.79. The number of aromatic nitrogens is 2. The van der Waals surface area contributed by atoms with Gasteiger partial charge in [0.25, 0.3) is 0 Å². The van der Waals surface area contributed by atoms with E-state index in [1.54, 1.807) is 0 Å². The highest BCUT2D eigenvalue weighted by Crippen LogP contribution is 2.35. The average molecular weight is 260 g/mol. The molecule has 1 aliphatic carbocycles. The highest BCUT2D eigenvalue weighted by Gasteiger charge is 2.19. The summed E-state index contributed by atoms with van der Waals surface area (Å²) >= 11 is 0. The van der Waals surface area contributed by atoms with Gasteiger partial charge in [0.05, 0.1) is 0 Å². The van der Waals surface area contributed by atoms with Crippen molar-refractivity contribution >= 4 is 11.0 Å². The van der Waals surface area contributed by atoms with E-state index < -0.39 is 0 Å². The fourth-order valence-corrected chi connectivity index (χ4v) is 3.19. The number of rotatable bonds is 1. The van der Waals surface area contributed by atoms with E-state index in [9.17, 15) is 0 Å². The van der Waals surface area contributed by atoms with Crippen LogP contribution < -0.4 is 0 Å². The van der Waals surface area contributed by atoms with E-state index in [1.807, 2.05) is 12.3 Å². The van der Waals surface area contributed by atoms with Crippen LogP contribution >= 0.6 is 0 Å². The lowest BCUT2D eigenvalue weighted by molar-refractivity contribution is 0.672. The minimum atomic E-state index is 0.881. The maximum atomic E-state index is 4.79. The summed E-state index contributed by atoms with van der Waals surface area (Å²) in [6.07, 6.45) is 6.56. The standard InChI is InChI=1S/C18H16N2/c1-2-7-13(8-3-1)17-14-9-4-5-11-16(14)20-18-15(17)10-6-12-19-18/h1-3,6-8,10,12H,4-5,9,11H2. The zero-order valence-electron chi connectivity index (χ0n) is 11.3. The lowest BCUT2D eigenvalue weighted by Crippen LogP contribution is -2.08. The van der Waals surface area contributed by atoms with Gasteiger partial charge in [-0.25, -0.2) is 9.97 Å². The third-order valence-corrected chi connectivity index (χ3v) is 4.10. The Morgan fingerprint density at radius 2 is 1.70 bits per heavy atom. The van der Waals surface area contributed by atoms with E-state index in [4.69, 9.17) is 4.98 Å². The Bertz CT molecular complexity index is 763. The van der Waals surface area contributed by atoms with E-state index in [0.717, 1.165) is 18.5 Å². The Hall–Kier alpha value is -2.22. The minimum absolute atomic E-state index is 0.881. The highest BCUT2D eigenvalue weighted by molar-refractivity contribution is 5.94. The van der Waals surface area contributed by atoms with Gasteiger partial charge < -0.3 is 0 Å². The summed E-state index contributed by atoms with van der Waals surface area (Å²) in [6, 6.07) is 14.8. The zero-order valence-corrected chi connectivity index (χ0v) is 11.3. The number of nitrogens with zero attached hydrogens (tertiary/aromatic N) is 2. The van der Waals surface area contributed by atoms with Crippen LogP contribution in [0.4, 0.5) is 0 Å². The Morgan fingerprint density at radius 3 is 2.60 bits per heavy atom. The molecule has 0 aliphatic heterocycles. The molecule has 0 radical (unpaired) electrons. The van der Waals surface area contributed by atoms with Crippen LogP contribution in [-0.2, 0) is 12.8 Å². The van der Waals surface area contributed by atoms with Gasteiger partial charge in [-0.2, -0.15) is 0 Å². The fraction of sp³-hybridized carbons (Fsp3) is 0.222. The van der Waals surface area contributed by atoms with Crippen LogP contribution in [0.15, 0.2) is 48.7 Å². The molecule has 4 rings (SSSR count). The number of hydrogen-bond donors (Lipinski definition) is 0. The minimum Gasteiger partial charge on any atom is -0.237 e. The molecule has 0 amide bonds. The van der Waals surface area contributed by atoms with Crippen molar-refractivity contribution in [3.8, 4) is 11.1 Å². The highest BCUT2D eigenvalue weighted by atomic mass is 14.8. The van der Waals surface area contributed by atoms with Crippen molar-refractivity contribution in [1.82, 2.24) is 9.97 Å². The van der Waals surface area contributed by atoms with E-state index >= 15 is 0 Å². The van der Waals surface area contributed by atoms with Crippen molar-refractivity contribution in [2.75, 3.05) is 0 Å². The van der Waals surface area contributed by atoms with Gasteiger partial charge in [0.15, 0.2) is 5.65 Å². The molecule has 1 aromatic carbocycles. The molecule has 0 saturated carbocycles. The summed E-state index contributed by atoms with van der Waals surface area (Å²) in [4.78, 5) is 9.26. The molecule has 0 saturated heterocycles. The van der Waals surface area contributed by atoms with Crippen molar-refractivity contribution in [3.05, 3.63) is 59.9 Å². The third-order valence-electron chi connectivity index (χ3n) is 4.10. The predicted molar refractivity (Wildman–Crippen MR) is 81.6 cm³/mol. The number of fused-ring (bicyclic) bond motifs is 2. The molecule has 2 aromatic heterocycles. The molecule has 20 heavy (non-hydrogen) atoms. The molecule has 0 spiro atoms. The number of aryl methyl sites for hydroxylation is 1. The molecular formula is C18H16N2. The smallest absolute Gasteiger partial charge is 0.160 e. The summed E-state index contributed by atoms with van der Waals surface area (Å²) in [7, 11) is 0. The average Bonchev–Trinajstić information content (AvgIpc) is 2.53. The normalized spacial score (nSPS) is 14.2. The molecule has 0 N–H and O–H groups in total. The molecule has 0 atom stereocenters. The van der Waals surface area contributed by atoms with Crippen LogP contribution in [0.1, 0.15) is 24.1 Å². The third kappa shape index (κ3) is 1.80. The van der Waals surface area contributed by atoms with Crippen LogP contribution in [0, 0.1) is 0 Å². The molecule has 2 heteroatoms. The largest absolute Gasteiger partial charge is 0.237 e. The van der Waals surface area contributed by atoms with Crippen molar-refractivity contribution in [2.24, 2.45) is 0 Å². The van der Waals surface area contributed by atoms with Crippen LogP contribution in [0.5, 0.6) is 0 Å². The molecule has 1 aliphatic rings. The van der Waals surface area contributed by atoms with Crippen LogP contribution in [-0.4, -0.2) is 9.97 Å². The first-order chi connectivity index (χ1) is 9.93. The van der Waals surface area contributed by atoms with Crippen molar-refractivity contribution in [3.63, 3.8) is 0 Å². The molecule has 2 heterocycles. The van der Waals surface area contributed by atoms with E-state index in [2.05, 4.69) is 41.4 Å². The van der Waals surface area contributed by atoms with Gasteiger partial charge in [0.2, 0.25) is 0 Å². The second kappa shape index (κ2) is 4.71. The van der Waals surface area contributed by atoms with Gasteiger partial charge in [0, 0.05) is 17.3 Å². The predicted octanol–water partition coefficient (Wildman–Crippen LogP) is 4.18. The van der Waals surface area contributed by atoms with Crippen molar-refractivity contribution in [1.29, 1.82) is 0 Å². The Morgan fingerprint density at radius 1 is 0.850 bits per heavy atom. The Kier molecular flexibility index (Phi) is 2.73. The maximum Gasteiger partial charge on any atom is 0.160 e. The van der Waals surface area contributed by atoms with Gasteiger partial charge in [-0.3, -0.25) is 0 Å². The quantitative estimate of drug-likeness (QED) is 0.656. The number of pyridine rings is 2. The molecule has 3 aromatic rings. The van der Waals surface area contributed by atoms with Gasteiger partial charge in [-0.05, 0) is 54.5 Å². The molecule has 0 bridgehead atoms. The molecule has 0 fully saturated rings. The SMILES string of the molecule is c1ccc(-c2c3c(nc4ncccc24)CCCC3)cc1. The van der Waals surface area contributed by atoms with Crippen molar-refractivity contribution in [2.45, 2.75) is 25.7 Å². The van der Waals surface area contributed by atoms with Crippen LogP contribution in [0.3, 0.4) is 0 Å². The zero-order chi connectivity index (χ0) is 13.4. The molecule has 0 unspecified atom stereocenters. The van der Waals surface area contributed by atoms with Gasteiger partial charge in [-0.1, -0.05) is 30.3 Å². The molecule has 98 valence electrons. The summed E-state index contributed by atoms with van der Waals surface area (Å²) in [5.41, 5.74) is 6.20. The number of benzene rings is 1. The van der Waals surface area contributed by atoms with Gasteiger partial charge >= 0.3 is 0 Å². The van der Waals surface area contributed by atoms with Gasteiger partial charge in [-0.15, -0.1) is 0 Å². The van der Waals surface area contributed by atoms with Crippen LogP contribution in [0.25, 0.3) is 22.2 Å². The van der Waals surface area contributed by atoms with E-state index in [-0.39, 0.29) is 0 Å². The van der Waals surface area contributed by atoms with E-state index in [0.29, 0.717) is 0 Å².